The van der Waals surface area contributed by atoms with Crippen LogP contribution in [0.3, 0.4) is 0 Å². The van der Waals surface area contributed by atoms with Crippen molar-refractivity contribution in [3.63, 3.8) is 0 Å². The Kier molecular flexibility index (Phi) is 4.36. The summed E-state index contributed by atoms with van der Waals surface area (Å²) in [6.07, 6.45) is 1.22. The predicted octanol–water partition coefficient (Wildman–Crippen LogP) is 1.85. The lowest BCUT2D eigenvalue weighted by Gasteiger charge is -2.10. The van der Waals surface area contributed by atoms with Crippen LogP contribution in [0.25, 0.3) is 0 Å². The molecule has 1 heterocycles. The fourth-order valence-corrected chi connectivity index (χ4v) is 3.28. The molecule has 0 aliphatic rings. The molecule has 1 aromatic heterocycles. The minimum Gasteiger partial charge on any atom is -0.451 e. The highest BCUT2D eigenvalue weighted by molar-refractivity contribution is 7.92. The predicted molar refractivity (Wildman–Crippen MR) is 75.0 cm³/mol. The third-order valence-electron chi connectivity index (χ3n) is 2.38. The quantitative estimate of drug-likeness (QED) is 0.813. The van der Waals surface area contributed by atoms with E-state index in [1.165, 1.54) is 36.6 Å². The summed E-state index contributed by atoms with van der Waals surface area (Å²) in [5.41, 5.74) is 0.411. The van der Waals surface area contributed by atoms with Gasteiger partial charge in [0.25, 0.3) is 10.0 Å². The molecule has 0 aliphatic heterocycles. The van der Waals surface area contributed by atoms with Crippen LogP contribution in [0.1, 0.15) is 5.56 Å². The second kappa shape index (κ2) is 5.86. The highest BCUT2D eigenvalue weighted by Gasteiger charge is 2.19. The van der Waals surface area contributed by atoms with Crippen LogP contribution in [0.5, 0.6) is 0 Å². The number of anilines is 1. The van der Waals surface area contributed by atoms with Crippen LogP contribution in [0.4, 0.5) is 5.69 Å². The average Bonchev–Trinajstić information content (AvgIpc) is 2.86. The topological polar surface area (TPSA) is 93.5 Å². The summed E-state index contributed by atoms with van der Waals surface area (Å²) >= 11 is 5.80. The fraction of sp³-hybridized carbons (Fsp3) is 0.0909. The molecule has 1 N–H and O–H groups in total. The molecule has 0 saturated heterocycles. The molecule has 1 aromatic carbocycles. The summed E-state index contributed by atoms with van der Waals surface area (Å²) < 4.78 is 52.7. The fourth-order valence-electron chi connectivity index (χ4n) is 1.53. The number of rotatable bonds is 5. The van der Waals surface area contributed by atoms with E-state index < -0.39 is 20.7 Å². The molecule has 0 atom stereocenters. The summed E-state index contributed by atoms with van der Waals surface area (Å²) in [5, 5.41) is 0.0157. The molecule has 0 saturated carbocycles. The van der Waals surface area contributed by atoms with E-state index >= 15 is 0 Å². The number of furan rings is 1. The van der Waals surface area contributed by atoms with Crippen LogP contribution in [0.2, 0.25) is 5.02 Å². The van der Waals surface area contributed by atoms with Gasteiger partial charge < -0.3 is 4.42 Å². The van der Waals surface area contributed by atoms with Gasteiger partial charge in [-0.05, 0) is 29.8 Å². The van der Waals surface area contributed by atoms with Crippen LogP contribution in [-0.4, -0.2) is 16.8 Å². The summed E-state index contributed by atoms with van der Waals surface area (Å²) in [6, 6.07) is 6.99. The van der Waals surface area contributed by atoms with Crippen LogP contribution < -0.4 is 4.72 Å². The lowest BCUT2D eigenvalue weighted by atomic mass is 10.2. The van der Waals surface area contributed by atoms with Gasteiger partial charge in [0.05, 0.1) is 17.7 Å². The van der Waals surface area contributed by atoms with Crippen LogP contribution in [0, 0.1) is 0 Å². The number of hydrogen-bond donors (Lipinski definition) is 2. The molecule has 6 nitrogen and oxygen atoms in total. The Morgan fingerprint density at radius 1 is 1.25 bits per heavy atom. The van der Waals surface area contributed by atoms with Gasteiger partial charge in [-0.1, -0.05) is 17.7 Å². The summed E-state index contributed by atoms with van der Waals surface area (Å²) in [7, 11) is -6.61. The van der Waals surface area contributed by atoms with Crippen molar-refractivity contribution in [2.75, 3.05) is 4.72 Å². The molecule has 108 valence electrons. The SMILES string of the molecule is O=[SH](=O)Cc1ccc(Cl)cc1NS(=O)(=O)c1ccco1. The van der Waals surface area contributed by atoms with Crippen LogP contribution in [0.15, 0.2) is 46.1 Å². The highest BCUT2D eigenvalue weighted by atomic mass is 35.5. The molecule has 0 aliphatic carbocycles. The minimum absolute atomic E-state index is 0.105. The first-order valence-electron chi connectivity index (χ1n) is 5.35. The van der Waals surface area contributed by atoms with E-state index in [-0.39, 0.29) is 21.6 Å². The average molecular weight is 336 g/mol. The first-order valence-corrected chi connectivity index (χ1v) is 8.57. The first kappa shape index (κ1) is 14.9. The number of benzene rings is 1. The van der Waals surface area contributed by atoms with Gasteiger partial charge in [-0.3, -0.25) is 4.72 Å². The Balaban J connectivity index is 2.40. The number of thiol groups is 1. The van der Waals surface area contributed by atoms with Crippen molar-refractivity contribution in [2.45, 2.75) is 10.8 Å². The largest absolute Gasteiger partial charge is 0.451 e. The van der Waals surface area contributed by atoms with Crippen molar-refractivity contribution in [1.82, 2.24) is 0 Å². The van der Waals surface area contributed by atoms with Gasteiger partial charge in [-0.25, -0.2) is 8.42 Å². The molecule has 0 bridgehead atoms. The Hall–Kier alpha value is -1.51. The summed E-state index contributed by atoms with van der Waals surface area (Å²) in [4.78, 5) is 0. The third kappa shape index (κ3) is 3.53. The van der Waals surface area contributed by atoms with Crippen molar-refractivity contribution in [3.05, 3.63) is 47.2 Å². The van der Waals surface area contributed by atoms with E-state index in [0.717, 1.165) is 0 Å². The van der Waals surface area contributed by atoms with Crippen molar-refractivity contribution >= 4 is 38.0 Å². The molecule has 0 spiro atoms. The molecule has 2 rings (SSSR count). The Bertz CT molecular complexity index is 773. The maximum absolute atomic E-state index is 12.0. The molecule has 20 heavy (non-hydrogen) atoms. The number of nitrogens with one attached hydrogen (secondary N) is 1. The van der Waals surface area contributed by atoms with Crippen molar-refractivity contribution < 1.29 is 21.3 Å². The maximum atomic E-state index is 12.0. The van der Waals surface area contributed by atoms with Gasteiger partial charge in [0.1, 0.15) is 10.7 Å². The van der Waals surface area contributed by atoms with Crippen LogP contribution in [-0.2, 0) is 26.5 Å². The molecule has 9 heteroatoms. The van der Waals surface area contributed by atoms with E-state index in [1.807, 2.05) is 0 Å². The lowest BCUT2D eigenvalue weighted by Crippen LogP contribution is -2.13. The minimum atomic E-state index is -3.92. The molecule has 0 fully saturated rings. The molecule has 0 radical (unpaired) electrons. The van der Waals surface area contributed by atoms with Gasteiger partial charge in [0.15, 0.2) is 0 Å². The Morgan fingerprint density at radius 2 is 2.00 bits per heavy atom. The number of halogens is 1. The van der Waals surface area contributed by atoms with Gasteiger partial charge in [-0.15, -0.1) is 0 Å². The maximum Gasteiger partial charge on any atom is 0.295 e. The van der Waals surface area contributed by atoms with Gasteiger partial charge >= 0.3 is 0 Å². The van der Waals surface area contributed by atoms with E-state index in [9.17, 15) is 16.8 Å². The molecule has 0 unspecified atom stereocenters. The number of sulfonamides is 1. The van der Waals surface area contributed by atoms with Gasteiger partial charge in [0.2, 0.25) is 5.09 Å². The van der Waals surface area contributed by atoms with E-state index in [0.29, 0.717) is 5.56 Å². The molecule has 0 amide bonds. The van der Waals surface area contributed by atoms with Crippen molar-refractivity contribution in [1.29, 1.82) is 0 Å². The monoisotopic (exact) mass is 335 g/mol. The van der Waals surface area contributed by atoms with Gasteiger partial charge in [-0.2, -0.15) is 8.42 Å². The van der Waals surface area contributed by atoms with E-state index in [2.05, 4.69) is 4.72 Å². The standard InChI is InChI=1S/C11H10ClNO5S2/c12-9-4-3-8(7-19(14)15)10(6-9)13-20(16,17)11-2-1-5-18-11/h1-6,13,19H,7H2. The Labute approximate surface area is 122 Å². The van der Waals surface area contributed by atoms with Gasteiger partial charge in [0, 0.05) is 5.02 Å². The summed E-state index contributed by atoms with van der Waals surface area (Å²) in [6.45, 7) is 0. The van der Waals surface area contributed by atoms with E-state index in [4.69, 9.17) is 16.0 Å². The lowest BCUT2D eigenvalue weighted by molar-refractivity contribution is 0.452. The normalized spacial score (nSPS) is 11.7. The molecule has 2 aromatic rings. The zero-order valence-electron chi connectivity index (χ0n) is 9.95. The second-order valence-electron chi connectivity index (χ2n) is 3.83. The van der Waals surface area contributed by atoms with Crippen LogP contribution >= 0.6 is 11.6 Å². The second-order valence-corrected chi connectivity index (χ2v) is 6.86. The first-order chi connectivity index (χ1) is 9.38. The third-order valence-corrected chi connectivity index (χ3v) is 4.46. The van der Waals surface area contributed by atoms with Crippen molar-refractivity contribution in [2.24, 2.45) is 0 Å². The zero-order valence-corrected chi connectivity index (χ0v) is 12.4. The zero-order chi connectivity index (χ0) is 14.8. The van der Waals surface area contributed by atoms with Crippen molar-refractivity contribution in [3.8, 4) is 0 Å². The smallest absolute Gasteiger partial charge is 0.295 e. The van der Waals surface area contributed by atoms with E-state index in [1.54, 1.807) is 0 Å². The molecular weight excluding hydrogens is 326 g/mol. The highest BCUT2D eigenvalue weighted by Crippen LogP contribution is 2.24. The Morgan fingerprint density at radius 3 is 2.60 bits per heavy atom. The molecular formula is C11H10ClNO5S2. The number of hydrogen-bond acceptors (Lipinski definition) is 5. The summed E-state index contributed by atoms with van der Waals surface area (Å²) in [5.74, 6) is -0.289.